The van der Waals surface area contributed by atoms with Gasteiger partial charge in [-0.05, 0) is 24.3 Å². The molecule has 0 aliphatic carbocycles. The number of amides is 1. The summed E-state index contributed by atoms with van der Waals surface area (Å²) in [6.45, 7) is 0.276. The number of benzene rings is 1. The lowest BCUT2D eigenvalue weighted by atomic mass is 10.2. The Bertz CT molecular complexity index is 697. The third-order valence-corrected chi connectivity index (χ3v) is 2.83. The molecule has 0 saturated heterocycles. The van der Waals surface area contributed by atoms with E-state index in [4.69, 9.17) is 17.3 Å². The quantitative estimate of drug-likeness (QED) is 0.825. The molecule has 1 aromatic carbocycles. The molecule has 6 heteroatoms. The number of anilines is 1. The first-order chi connectivity index (χ1) is 9.60. The fourth-order valence-electron chi connectivity index (χ4n) is 1.57. The molecule has 1 amide bonds. The average molecular weight is 289 g/mol. The van der Waals surface area contributed by atoms with Gasteiger partial charge in [0.2, 0.25) is 0 Å². The summed E-state index contributed by atoms with van der Waals surface area (Å²) in [5.41, 5.74) is 6.87. The second-order valence-corrected chi connectivity index (χ2v) is 4.44. The van der Waals surface area contributed by atoms with Crippen LogP contribution in [0.1, 0.15) is 16.1 Å². The van der Waals surface area contributed by atoms with Crippen LogP contribution in [0.25, 0.3) is 0 Å². The van der Waals surface area contributed by atoms with Crippen LogP contribution >= 0.6 is 11.6 Å². The SMILES string of the molecule is Cn1ccc(C(=O)Nc2cc(C#CCN)ccc2Cl)n1. The van der Waals surface area contributed by atoms with E-state index in [0.717, 1.165) is 5.56 Å². The van der Waals surface area contributed by atoms with Gasteiger partial charge in [0.05, 0.1) is 17.3 Å². The minimum absolute atomic E-state index is 0.276. The van der Waals surface area contributed by atoms with Gasteiger partial charge in [-0.25, -0.2) is 0 Å². The molecule has 20 heavy (non-hydrogen) atoms. The summed E-state index contributed by atoms with van der Waals surface area (Å²) in [6, 6.07) is 6.77. The largest absolute Gasteiger partial charge is 0.320 e. The average Bonchev–Trinajstić information content (AvgIpc) is 2.86. The fraction of sp³-hybridized carbons (Fsp3) is 0.143. The van der Waals surface area contributed by atoms with Gasteiger partial charge >= 0.3 is 0 Å². The monoisotopic (exact) mass is 288 g/mol. The van der Waals surface area contributed by atoms with E-state index in [0.29, 0.717) is 16.4 Å². The van der Waals surface area contributed by atoms with E-state index < -0.39 is 0 Å². The Morgan fingerprint density at radius 2 is 2.30 bits per heavy atom. The minimum atomic E-state index is -0.323. The molecule has 1 heterocycles. The number of hydrogen-bond acceptors (Lipinski definition) is 3. The van der Waals surface area contributed by atoms with E-state index >= 15 is 0 Å². The summed E-state index contributed by atoms with van der Waals surface area (Å²) in [6.07, 6.45) is 1.69. The Labute approximate surface area is 121 Å². The Morgan fingerprint density at radius 1 is 1.50 bits per heavy atom. The molecule has 0 fully saturated rings. The van der Waals surface area contributed by atoms with Gasteiger partial charge in [0, 0.05) is 18.8 Å². The van der Waals surface area contributed by atoms with Gasteiger partial charge in [-0.3, -0.25) is 9.48 Å². The molecule has 0 aliphatic heterocycles. The normalized spacial score (nSPS) is 9.75. The van der Waals surface area contributed by atoms with Gasteiger partial charge in [0.15, 0.2) is 5.69 Å². The zero-order valence-electron chi connectivity index (χ0n) is 10.9. The Morgan fingerprint density at radius 3 is 2.95 bits per heavy atom. The zero-order valence-corrected chi connectivity index (χ0v) is 11.6. The predicted octanol–water partition coefficient (Wildman–Crippen LogP) is 1.64. The number of nitrogens with zero attached hydrogens (tertiary/aromatic N) is 2. The Kier molecular flexibility index (Phi) is 4.41. The minimum Gasteiger partial charge on any atom is -0.320 e. The van der Waals surface area contributed by atoms with Gasteiger partial charge in [-0.2, -0.15) is 5.10 Å². The summed E-state index contributed by atoms with van der Waals surface area (Å²) in [4.78, 5) is 12.0. The number of nitrogens with one attached hydrogen (secondary N) is 1. The second-order valence-electron chi connectivity index (χ2n) is 4.03. The van der Waals surface area contributed by atoms with Gasteiger partial charge in [-0.15, -0.1) is 0 Å². The maximum absolute atomic E-state index is 12.0. The van der Waals surface area contributed by atoms with Crippen molar-refractivity contribution in [3.8, 4) is 11.8 Å². The van der Waals surface area contributed by atoms with Crippen molar-refractivity contribution in [1.29, 1.82) is 0 Å². The second kappa shape index (κ2) is 6.24. The van der Waals surface area contributed by atoms with E-state index in [1.807, 2.05) is 0 Å². The van der Waals surface area contributed by atoms with Crippen LogP contribution in [-0.2, 0) is 7.05 Å². The molecular formula is C14H13ClN4O. The van der Waals surface area contributed by atoms with Gasteiger partial charge < -0.3 is 11.1 Å². The highest BCUT2D eigenvalue weighted by Gasteiger charge is 2.11. The van der Waals surface area contributed by atoms with Gasteiger partial charge in [0.25, 0.3) is 5.91 Å². The molecule has 0 bridgehead atoms. The zero-order chi connectivity index (χ0) is 14.5. The summed E-state index contributed by atoms with van der Waals surface area (Å²) in [5.74, 6) is 5.31. The lowest BCUT2D eigenvalue weighted by Gasteiger charge is -2.06. The Balaban J connectivity index is 2.22. The maximum Gasteiger partial charge on any atom is 0.276 e. The number of carbonyl (C=O) groups is 1. The molecule has 3 N–H and O–H groups in total. The van der Waals surface area contributed by atoms with E-state index in [9.17, 15) is 4.79 Å². The van der Waals surface area contributed by atoms with Crippen LogP contribution < -0.4 is 11.1 Å². The number of halogens is 1. The highest BCUT2D eigenvalue weighted by Crippen LogP contribution is 2.23. The van der Waals surface area contributed by atoms with Crippen molar-refractivity contribution >= 4 is 23.2 Å². The predicted molar refractivity (Wildman–Crippen MR) is 78.5 cm³/mol. The molecule has 0 radical (unpaired) electrons. The van der Waals surface area contributed by atoms with Crippen molar-refractivity contribution in [1.82, 2.24) is 9.78 Å². The third kappa shape index (κ3) is 3.38. The lowest BCUT2D eigenvalue weighted by molar-refractivity contribution is 0.102. The molecule has 1 aromatic heterocycles. The molecule has 102 valence electrons. The summed E-state index contributed by atoms with van der Waals surface area (Å²) < 4.78 is 1.56. The van der Waals surface area contributed by atoms with E-state index in [1.165, 1.54) is 0 Å². The lowest BCUT2D eigenvalue weighted by Crippen LogP contribution is -2.13. The van der Waals surface area contributed by atoms with Crippen molar-refractivity contribution in [2.24, 2.45) is 12.8 Å². The van der Waals surface area contributed by atoms with Crippen molar-refractivity contribution in [2.75, 3.05) is 11.9 Å². The molecule has 2 aromatic rings. The topological polar surface area (TPSA) is 72.9 Å². The number of carbonyl (C=O) groups excluding carboxylic acids is 1. The van der Waals surface area contributed by atoms with Crippen molar-refractivity contribution in [3.05, 3.63) is 46.7 Å². The standard InChI is InChI=1S/C14H13ClN4O/c1-19-8-6-12(18-19)14(20)17-13-9-10(3-2-7-16)4-5-11(13)15/h4-6,8-9H,7,16H2,1H3,(H,17,20). The van der Waals surface area contributed by atoms with Crippen LogP contribution in [0.5, 0.6) is 0 Å². The van der Waals surface area contributed by atoms with E-state index in [2.05, 4.69) is 22.3 Å². The van der Waals surface area contributed by atoms with Gasteiger partial charge in [-0.1, -0.05) is 23.4 Å². The van der Waals surface area contributed by atoms with Crippen molar-refractivity contribution in [2.45, 2.75) is 0 Å². The first-order valence-corrected chi connectivity index (χ1v) is 6.27. The van der Waals surface area contributed by atoms with E-state index in [-0.39, 0.29) is 12.5 Å². The van der Waals surface area contributed by atoms with Crippen LogP contribution in [0.3, 0.4) is 0 Å². The Hall–Kier alpha value is -2.29. The fourth-order valence-corrected chi connectivity index (χ4v) is 1.74. The number of nitrogens with two attached hydrogens (primary N) is 1. The molecule has 0 atom stereocenters. The third-order valence-electron chi connectivity index (χ3n) is 2.50. The summed E-state index contributed by atoms with van der Waals surface area (Å²) in [5, 5.41) is 7.17. The molecule has 5 nitrogen and oxygen atoms in total. The van der Waals surface area contributed by atoms with Gasteiger partial charge in [0.1, 0.15) is 0 Å². The summed E-state index contributed by atoms with van der Waals surface area (Å²) in [7, 11) is 1.74. The molecular weight excluding hydrogens is 276 g/mol. The number of aromatic nitrogens is 2. The van der Waals surface area contributed by atoms with Crippen LogP contribution in [0, 0.1) is 11.8 Å². The van der Waals surface area contributed by atoms with Crippen LogP contribution in [0.15, 0.2) is 30.5 Å². The molecule has 0 aliphatic rings. The van der Waals surface area contributed by atoms with Crippen LogP contribution in [-0.4, -0.2) is 22.2 Å². The van der Waals surface area contributed by atoms with E-state index in [1.54, 1.807) is 42.2 Å². The van der Waals surface area contributed by atoms with Crippen molar-refractivity contribution < 1.29 is 4.79 Å². The molecule has 0 unspecified atom stereocenters. The maximum atomic E-state index is 12.0. The van der Waals surface area contributed by atoms with Crippen molar-refractivity contribution in [3.63, 3.8) is 0 Å². The highest BCUT2D eigenvalue weighted by atomic mass is 35.5. The smallest absolute Gasteiger partial charge is 0.276 e. The first kappa shape index (κ1) is 14.1. The summed E-state index contributed by atoms with van der Waals surface area (Å²) >= 11 is 6.05. The number of rotatable bonds is 2. The number of hydrogen-bond donors (Lipinski definition) is 2. The van der Waals surface area contributed by atoms with Crippen LogP contribution in [0.2, 0.25) is 5.02 Å². The molecule has 0 spiro atoms. The molecule has 2 rings (SSSR count). The molecule has 0 saturated carbocycles. The number of aryl methyl sites for hydroxylation is 1. The van der Waals surface area contributed by atoms with Crippen LogP contribution in [0.4, 0.5) is 5.69 Å². The highest BCUT2D eigenvalue weighted by molar-refractivity contribution is 6.34. The first-order valence-electron chi connectivity index (χ1n) is 5.89.